The van der Waals surface area contributed by atoms with Crippen LogP contribution in [0.25, 0.3) is 0 Å². The maximum absolute atomic E-state index is 11.7. The third-order valence-corrected chi connectivity index (χ3v) is 3.15. The van der Waals surface area contributed by atoms with E-state index in [1.165, 1.54) is 0 Å². The zero-order valence-corrected chi connectivity index (χ0v) is 10.6. The fraction of sp³-hybridized carbons (Fsp3) is 0.500. The maximum atomic E-state index is 11.7. The van der Waals surface area contributed by atoms with Crippen molar-refractivity contribution in [3.05, 3.63) is 29.8 Å². The summed E-state index contributed by atoms with van der Waals surface area (Å²) in [6.45, 7) is 1.31. The minimum absolute atomic E-state index is 0.109. The Bertz CT molecular complexity index is 400. The first-order valence-corrected chi connectivity index (χ1v) is 6.33. The van der Waals surface area contributed by atoms with Crippen LogP contribution in [0, 0.1) is 0 Å². The van der Waals surface area contributed by atoms with Gasteiger partial charge < -0.3 is 14.8 Å². The number of para-hydroxylation sites is 1. The molecule has 1 unspecified atom stereocenters. The Labute approximate surface area is 107 Å². The molecule has 1 fully saturated rings. The van der Waals surface area contributed by atoms with E-state index in [1.807, 2.05) is 24.3 Å². The highest BCUT2D eigenvalue weighted by molar-refractivity contribution is 5.76. The van der Waals surface area contributed by atoms with E-state index in [2.05, 4.69) is 5.32 Å². The summed E-state index contributed by atoms with van der Waals surface area (Å²) in [5.41, 5.74) is 1.06. The molecule has 4 nitrogen and oxygen atoms in total. The molecule has 0 aromatic heterocycles. The van der Waals surface area contributed by atoms with Crippen LogP contribution in [0.2, 0.25) is 0 Å². The topological polar surface area (TPSA) is 47.6 Å². The van der Waals surface area contributed by atoms with Gasteiger partial charge in [-0.05, 0) is 31.0 Å². The Kier molecular flexibility index (Phi) is 4.59. The lowest BCUT2D eigenvalue weighted by Gasteiger charge is -2.11. The van der Waals surface area contributed by atoms with Gasteiger partial charge in [-0.1, -0.05) is 18.2 Å². The van der Waals surface area contributed by atoms with Crippen molar-refractivity contribution in [3.8, 4) is 5.75 Å². The maximum Gasteiger partial charge on any atom is 0.323 e. The number of rotatable bonds is 5. The molecule has 2 rings (SSSR count). The molecule has 98 valence electrons. The van der Waals surface area contributed by atoms with Crippen LogP contribution in [0.4, 0.5) is 0 Å². The van der Waals surface area contributed by atoms with Crippen molar-refractivity contribution in [2.75, 3.05) is 20.3 Å². The third-order valence-electron chi connectivity index (χ3n) is 3.15. The molecule has 1 aromatic rings. The molecule has 1 saturated heterocycles. The second-order valence-corrected chi connectivity index (χ2v) is 4.38. The fourth-order valence-corrected chi connectivity index (χ4v) is 2.16. The Morgan fingerprint density at radius 2 is 2.28 bits per heavy atom. The number of carbonyl (C=O) groups excluding carboxylic acids is 1. The van der Waals surface area contributed by atoms with Crippen LogP contribution in [0.1, 0.15) is 18.4 Å². The summed E-state index contributed by atoms with van der Waals surface area (Å²) in [6.07, 6.45) is 2.61. The summed E-state index contributed by atoms with van der Waals surface area (Å²) in [7, 11) is 1.65. The molecule has 4 heteroatoms. The predicted molar refractivity (Wildman–Crippen MR) is 68.7 cm³/mol. The molecule has 0 aliphatic carbocycles. The molecule has 1 heterocycles. The molecule has 0 bridgehead atoms. The second kappa shape index (κ2) is 6.40. The minimum atomic E-state index is -0.137. The van der Waals surface area contributed by atoms with E-state index in [-0.39, 0.29) is 12.0 Å². The SMILES string of the molecule is COc1ccccc1CCOC(=O)C1CCCN1. The summed E-state index contributed by atoms with van der Waals surface area (Å²) in [5, 5.41) is 3.13. The van der Waals surface area contributed by atoms with Crippen LogP contribution < -0.4 is 10.1 Å². The normalized spacial score (nSPS) is 18.6. The number of esters is 1. The zero-order chi connectivity index (χ0) is 12.8. The van der Waals surface area contributed by atoms with Crippen LogP contribution in [-0.4, -0.2) is 32.3 Å². The molecule has 1 aliphatic rings. The van der Waals surface area contributed by atoms with E-state index < -0.39 is 0 Å². The Balaban J connectivity index is 1.79. The molecule has 1 aromatic carbocycles. The number of carbonyl (C=O) groups is 1. The number of methoxy groups -OCH3 is 1. The van der Waals surface area contributed by atoms with Crippen LogP contribution >= 0.6 is 0 Å². The van der Waals surface area contributed by atoms with Gasteiger partial charge in [-0.2, -0.15) is 0 Å². The van der Waals surface area contributed by atoms with E-state index in [9.17, 15) is 4.79 Å². The predicted octanol–water partition coefficient (Wildman–Crippen LogP) is 1.53. The van der Waals surface area contributed by atoms with Gasteiger partial charge in [0.15, 0.2) is 0 Å². The van der Waals surface area contributed by atoms with Gasteiger partial charge in [0.05, 0.1) is 13.7 Å². The quantitative estimate of drug-likeness (QED) is 0.804. The summed E-state index contributed by atoms with van der Waals surface area (Å²) >= 11 is 0. The Morgan fingerprint density at radius 3 is 3.00 bits per heavy atom. The largest absolute Gasteiger partial charge is 0.496 e. The lowest BCUT2D eigenvalue weighted by atomic mass is 10.1. The molecule has 0 radical (unpaired) electrons. The number of hydrogen-bond acceptors (Lipinski definition) is 4. The van der Waals surface area contributed by atoms with Crippen LogP contribution in [-0.2, 0) is 16.0 Å². The molecule has 0 spiro atoms. The van der Waals surface area contributed by atoms with Gasteiger partial charge in [-0.3, -0.25) is 4.79 Å². The van der Waals surface area contributed by atoms with Crippen molar-refractivity contribution in [2.45, 2.75) is 25.3 Å². The standard InChI is InChI=1S/C14H19NO3/c1-17-13-7-3-2-5-11(13)8-10-18-14(16)12-6-4-9-15-12/h2-3,5,7,12,15H,4,6,8-10H2,1H3. The van der Waals surface area contributed by atoms with Crippen molar-refractivity contribution in [3.63, 3.8) is 0 Å². The molecule has 18 heavy (non-hydrogen) atoms. The third kappa shape index (κ3) is 3.23. The molecular formula is C14H19NO3. The summed E-state index contributed by atoms with van der Waals surface area (Å²) in [5.74, 6) is 0.704. The first kappa shape index (κ1) is 12.9. The first-order valence-electron chi connectivity index (χ1n) is 6.33. The van der Waals surface area contributed by atoms with Crippen molar-refractivity contribution in [2.24, 2.45) is 0 Å². The monoisotopic (exact) mass is 249 g/mol. The number of benzene rings is 1. The second-order valence-electron chi connectivity index (χ2n) is 4.38. The first-order chi connectivity index (χ1) is 8.81. The highest BCUT2D eigenvalue weighted by Crippen LogP contribution is 2.17. The van der Waals surface area contributed by atoms with Gasteiger partial charge in [0, 0.05) is 6.42 Å². The highest BCUT2D eigenvalue weighted by atomic mass is 16.5. The minimum Gasteiger partial charge on any atom is -0.496 e. The highest BCUT2D eigenvalue weighted by Gasteiger charge is 2.23. The summed E-state index contributed by atoms with van der Waals surface area (Å²) < 4.78 is 10.5. The van der Waals surface area contributed by atoms with Crippen molar-refractivity contribution in [1.29, 1.82) is 0 Å². The number of ether oxygens (including phenoxy) is 2. The van der Waals surface area contributed by atoms with Crippen molar-refractivity contribution in [1.82, 2.24) is 5.32 Å². The van der Waals surface area contributed by atoms with E-state index in [1.54, 1.807) is 7.11 Å². The van der Waals surface area contributed by atoms with Crippen molar-refractivity contribution >= 4 is 5.97 Å². The summed E-state index contributed by atoms with van der Waals surface area (Å²) in [4.78, 5) is 11.7. The number of nitrogens with one attached hydrogen (secondary N) is 1. The van der Waals surface area contributed by atoms with Gasteiger partial charge in [0.25, 0.3) is 0 Å². The smallest absolute Gasteiger partial charge is 0.323 e. The molecule has 0 saturated carbocycles. The van der Waals surface area contributed by atoms with Crippen molar-refractivity contribution < 1.29 is 14.3 Å². The summed E-state index contributed by atoms with van der Waals surface area (Å²) in [6, 6.07) is 7.67. The van der Waals surface area contributed by atoms with Crippen LogP contribution in [0.5, 0.6) is 5.75 Å². The van der Waals surface area contributed by atoms with Crippen LogP contribution in [0.3, 0.4) is 0 Å². The molecule has 1 atom stereocenters. The molecule has 1 N–H and O–H groups in total. The molecular weight excluding hydrogens is 230 g/mol. The van der Waals surface area contributed by atoms with Gasteiger partial charge in [-0.25, -0.2) is 0 Å². The lowest BCUT2D eigenvalue weighted by Crippen LogP contribution is -2.32. The average molecular weight is 249 g/mol. The van der Waals surface area contributed by atoms with Gasteiger partial charge >= 0.3 is 5.97 Å². The fourth-order valence-electron chi connectivity index (χ4n) is 2.16. The van der Waals surface area contributed by atoms with E-state index in [0.29, 0.717) is 13.0 Å². The Hall–Kier alpha value is -1.55. The molecule has 0 amide bonds. The van der Waals surface area contributed by atoms with Gasteiger partial charge in [0.2, 0.25) is 0 Å². The van der Waals surface area contributed by atoms with Crippen LogP contribution in [0.15, 0.2) is 24.3 Å². The lowest BCUT2D eigenvalue weighted by molar-refractivity contribution is -0.145. The van der Waals surface area contributed by atoms with Gasteiger partial charge in [0.1, 0.15) is 11.8 Å². The number of hydrogen-bond donors (Lipinski definition) is 1. The van der Waals surface area contributed by atoms with E-state index in [0.717, 1.165) is 30.7 Å². The Morgan fingerprint density at radius 1 is 1.44 bits per heavy atom. The van der Waals surface area contributed by atoms with Gasteiger partial charge in [-0.15, -0.1) is 0 Å². The average Bonchev–Trinajstić information content (AvgIpc) is 2.93. The molecule has 1 aliphatic heterocycles. The van der Waals surface area contributed by atoms with E-state index >= 15 is 0 Å². The van der Waals surface area contributed by atoms with E-state index in [4.69, 9.17) is 9.47 Å². The zero-order valence-electron chi connectivity index (χ0n) is 10.6.